The molecule has 2 aliphatic carbocycles. The molecule has 0 N–H and O–H groups in total. The predicted octanol–water partition coefficient (Wildman–Crippen LogP) is 6.45. The van der Waals surface area contributed by atoms with Crippen LogP contribution in [0, 0.1) is 17.3 Å². The Bertz CT molecular complexity index is 431. The summed E-state index contributed by atoms with van der Waals surface area (Å²) in [5, 5.41) is 0. The molecular weight excluding hydrogens is 240 g/mol. The van der Waals surface area contributed by atoms with Crippen LogP contribution in [-0.4, -0.2) is 0 Å². The van der Waals surface area contributed by atoms with Crippen LogP contribution < -0.4 is 0 Å². The smallest absolute Gasteiger partial charge is 0.0143 e. The first-order chi connectivity index (χ1) is 9.41. The van der Waals surface area contributed by atoms with E-state index in [1.807, 2.05) is 0 Å². The molecule has 0 aromatic rings. The zero-order chi connectivity index (χ0) is 14.8. The van der Waals surface area contributed by atoms with E-state index in [-0.39, 0.29) is 0 Å². The van der Waals surface area contributed by atoms with Crippen LogP contribution >= 0.6 is 0 Å². The molecule has 0 saturated heterocycles. The molecule has 0 unspecified atom stereocenters. The quantitative estimate of drug-likeness (QED) is 0.444. The standard InChI is InChI=1S/C20H32/c1-15-8-6-10-16(2)12-13-18-19(20(18,4)5)14-17(3)11-7-9-15/h9-10,14,18-19H,6-8,11-13H2,1-5H3/b15-9-,16-10-,17-14+/t18-,19+/m0/s1. The zero-order valence-corrected chi connectivity index (χ0v) is 14.1. The summed E-state index contributed by atoms with van der Waals surface area (Å²) in [6.45, 7) is 11.8. The van der Waals surface area contributed by atoms with Gasteiger partial charge in [-0.1, -0.05) is 48.8 Å². The fourth-order valence-electron chi connectivity index (χ4n) is 3.74. The van der Waals surface area contributed by atoms with Crippen molar-refractivity contribution in [2.24, 2.45) is 17.3 Å². The van der Waals surface area contributed by atoms with Gasteiger partial charge in [0.15, 0.2) is 0 Å². The molecule has 0 aliphatic heterocycles. The zero-order valence-electron chi connectivity index (χ0n) is 14.1. The summed E-state index contributed by atoms with van der Waals surface area (Å²) in [5.41, 5.74) is 5.28. The minimum Gasteiger partial charge on any atom is -0.0853 e. The summed E-state index contributed by atoms with van der Waals surface area (Å²) >= 11 is 0. The van der Waals surface area contributed by atoms with Gasteiger partial charge in [-0.15, -0.1) is 0 Å². The summed E-state index contributed by atoms with van der Waals surface area (Å²) in [5.74, 6) is 1.73. The summed E-state index contributed by atoms with van der Waals surface area (Å²) in [6.07, 6.45) is 15.1. The van der Waals surface area contributed by atoms with Crippen molar-refractivity contribution in [1.82, 2.24) is 0 Å². The Morgan fingerprint density at radius 2 is 1.40 bits per heavy atom. The molecule has 2 aliphatic rings. The summed E-state index contributed by atoms with van der Waals surface area (Å²) in [6, 6.07) is 0. The van der Waals surface area contributed by atoms with Crippen molar-refractivity contribution in [2.45, 2.75) is 73.1 Å². The molecule has 0 nitrogen and oxygen atoms in total. The maximum absolute atomic E-state index is 2.58. The van der Waals surface area contributed by atoms with Crippen LogP contribution in [0.25, 0.3) is 0 Å². The van der Waals surface area contributed by atoms with E-state index in [1.165, 1.54) is 38.5 Å². The fraction of sp³-hybridized carbons (Fsp3) is 0.700. The van der Waals surface area contributed by atoms with Gasteiger partial charge in [-0.2, -0.15) is 0 Å². The molecule has 0 amide bonds. The molecule has 112 valence electrons. The van der Waals surface area contributed by atoms with E-state index in [1.54, 1.807) is 16.7 Å². The topological polar surface area (TPSA) is 0 Å². The van der Waals surface area contributed by atoms with Crippen LogP contribution in [0.15, 0.2) is 34.9 Å². The van der Waals surface area contributed by atoms with Gasteiger partial charge in [0, 0.05) is 0 Å². The fourth-order valence-corrected chi connectivity index (χ4v) is 3.74. The van der Waals surface area contributed by atoms with Crippen molar-refractivity contribution in [2.75, 3.05) is 0 Å². The molecule has 2 atom stereocenters. The lowest BCUT2D eigenvalue weighted by Gasteiger charge is -2.05. The molecule has 20 heavy (non-hydrogen) atoms. The second-order valence-electron chi connectivity index (χ2n) is 7.68. The Labute approximate surface area is 126 Å². The van der Waals surface area contributed by atoms with Crippen molar-refractivity contribution < 1.29 is 0 Å². The Hall–Kier alpha value is -0.780. The maximum atomic E-state index is 2.58. The van der Waals surface area contributed by atoms with E-state index >= 15 is 0 Å². The Morgan fingerprint density at radius 1 is 0.850 bits per heavy atom. The first-order valence-electron chi connectivity index (χ1n) is 8.40. The van der Waals surface area contributed by atoms with Crippen molar-refractivity contribution >= 4 is 0 Å². The number of allylic oxidation sites excluding steroid dienone is 6. The first kappa shape index (κ1) is 15.6. The molecule has 0 spiro atoms. The highest BCUT2D eigenvalue weighted by atomic mass is 14.6. The van der Waals surface area contributed by atoms with E-state index in [0.717, 1.165) is 11.8 Å². The molecule has 1 saturated carbocycles. The summed E-state index contributed by atoms with van der Waals surface area (Å²) < 4.78 is 0. The maximum Gasteiger partial charge on any atom is -0.0143 e. The average Bonchev–Trinajstić information content (AvgIpc) is 2.86. The third-order valence-electron chi connectivity index (χ3n) is 5.52. The molecular formula is C20H32. The molecule has 0 bridgehead atoms. The van der Waals surface area contributed by atoms with E-state index in [9.17, 15) is 0 Å². The molecule has 0 aromatic carbocycles. The van der Waals surface area contributed by atoms with Crippen LogP contribution in [-0.2, 0) is 0 Å². The second-order valence-corrected chi connectivity index (χ2v) is 7.68. The van der Waals surface area contributed by atoms with Gasteiger partial charge in [0.25, 0.3) is 0 Å². The van der Waals surface area contributed by atoms with Gasteiger partial charge < -0.3 is 0 Å². The highest BCUT2D eigenvalue weighted by Crippen LogP contribution is 2.61. The minimum atomic E-state index is 0.535. The molecule has 0 radical (unpaired) electrons. The van der Waals surface area contributed by atoms with Crippen LogP contribution in [0.1, 0.15) is 73.1 Å². The van der Waals surface area contributed by atoms with Crippen molar-refractivity contribution in [3.8, 4) is 0 Å². The molecule has 2 rings (SSSR count). The Kier molecular flexibility index (Phi) is 4.94. The third-order valence-corrected chi connectivity index (χ3v) is 5.52. The lowest BCUT2D eigenvalue weighted by molar-refractivity contribution is 0.528. The van der Waals surface area contributed by atoms with Gasteiger partial charge in [-0.05, 0) is 76.5 Å². The normalized spacial score (nSPS) is 39.1. The number of hydrogen-bond donors (Lipinski definition) is 0. The van der Waals surface area contributed by atoms with Gasteiger partial charge in [-0.25, -0.2) is 0 Å². The van der Waals surface area contributed by atoms with E-state index in [4.69, 9.17) is 0 Å². The van der Waals surface area contributed by atoms with E-state index in [0.29, 0.717) is 5.41 Å². The van der Waals surface area contributed by atoms with Crippen LogP contribution in [0.3, 0.4) is 0 Å². The van der Waals surface area contributed by atoms with Crippen LogP contribution in [0.4, 0.5) is 0 Å². The minimum absolute atomic E-state index is 0.535. The number of fused-ring (bicyclic) bond motifs is 1. The predicted molar refractivity (Wildman–Crippen MR) is 89.7 cm³/mol. The van der Waals surface area contributed by atoms with Gasteiger partial charge in [0.2, 0.25) is 0 Å². The Balaban J connectivity index is 2.09. The summed E-state index contributed by atoms with van der Waals surface area (Å²) in [4.78, 5) is 0. The van der Waals surface area contributed by atoms with Gasteiger partial charge in [0.1, 0.15) is 0 Å². The lowest BCUT2D eigenvalue weighted by atomic mass is 10.0. The number of hydrogen-bond acceptors (Lipinski definition) is 0. The highest BCUT2D eigenvalue weighted by molar-refractivity contribution is 5.19. The van der Waals surface area contributed by atoms with Crippen LogP contribution in [0.2, 0.25) is 0 Å². The second kappa shape index (κ2) is 6.33. The van der Waals surface area contributed by atoms with Crippen molar-refractivity contribution in [1.29, 1.82) is 0 Å². The van der Waals surface area contributed by atoms with Crippen molar-refractivity contribution in [3.63, 3.8) is 0 Å². The molecule has 0 aromatic heterocycles. The van der Waals surface area contributed by atoms with E-state index in [2.05, 4.69) is 52.8 Å². The van der Waals surface area contributed by atoms with Crippen molar-refractivity contribution in [3.05, 3.63) is 34.9 Å². The first-order valence-corrected chi connectivity index (χ1v) is 8.40. The van der Waals surface area contributed by atoms with E-state index < -0.39 is 0 Å². The molecule has 0 heteroatoms. The van der Waals surface area contributed by atoms with Gasteiger partial charge in [0.05, 0.1) is 0 Å². The highest BCUT2D eigenvalue weighted by Gasteiger charge is 2.55. The largest absolute Gasteiger partial charge is 0.0853 e. The van der Waals surface area contributed by atoms with Gasteiger partial charge >= 0.3 is 0 Å². The molecule has 0 heterocycles. The summed E-state index contributed by atoms with van der Waals surface area (Å²) in [7, 11) is 0. The third kappa shape index (κ3) is 3.87. The Morgan fingerprint density at radius 3 is 2.05 bits per heavy atom. The monoisotopic (exact) mass is 272 g/mol. The number of rotatable bonds is 0. The van der Waals surface area contributed by atoms with Crippen LogP contribution in [0.5, 0.6) is 0 Å². The lowest BCUT2D eigenvalue weighted by Crippen LogP contribution is -1.91. The molecule has 1 fully saturated rings. The van der Waals surface area contributed by atoms with Gasteiger partial charge in [-0.3, -0.25) is 0 Å². The SMILES string of the molecule is C/C1=C/CC/C(C)=C/[C@@H]2[C@H](CC/C(C)=C\CC1)C2(C)C. The average molecular weight is 272 g/mol.